The molecule has 0 aliphatic heterocycles. The molecular formula is C17H17N3O2. The van der Waals surface area contributed by atoms with E-state index in [9.17, 15) is 0 Å². The quantitative estimate of drug-likeness (QED) is 0.783. The number of aromatic nitrogens is 2. The molecule has 0 saturated carbocycles. The highest BCUT2D eigenvalue weighted by atomic mass is 16.5. The van der Waals surface area contributed by atoms with Gasteiger partial charge < -0.3 is 14.8 Å². The van der Waals surface area contributed by atoms with Crippen molar-refractivity contribution < 1.29 is 9.47 Å². The molecule has 0 spiro atoms. The molecule has 0 aliphatic rings. The molecule has 0 atom stereocenters. The normalized spacial score (nSPS) is 10.5. The molecule has 1 heterocycles. The van der Waals surface area contributed by atoms with Crippen LogP contribution in [0.15, 0.2) is 48.7 Å². The summed E-state index contributed by atoms with van der Waals surface area (Å²) in [6.45, 7) is 0.628. The number of fused-ring (bicyclic) bond motifs is 1. The van der Waals surface area contributed by atoms with Crippen LogP contribution in [0.25, 0.3) is 10.8 Å². The molecule has 0 unspecified atom stereocenters. The molecule has 0 fully saturated rings. The first kappa shape index (κ1) is 14.1. The fourth-order valence-corrected chi connectivity index (χ4v) is 2.33. The zero-order chi connectivity index (χ0) is 15.4. The van der Waals surface area contributed by atoms with Crippen molar-refractivity contribution in [2.45, 2.75) is 6.54 Å². The summed E-state index contributed by atoms with van der Waals surface area (Å²) in [6, 6.07) is 13.9. The van der Waals surface area contributed by atoms with Crippen molar-refractivity contribution in [2.24, 2.45) is 0 Å². The lowest BCUT2D eigenvalue weighted by molar-refractivity contribution is 0.354. The van der Waals surface area contributed by atoms with Crippen LogP contribution in [0.4, 0.5) is 5.82 Å². The molecule has 1 N–H and O–H groups in total. The number of hydrogen-bond acceptors (Lipinski definition) is 5. The van der Waals surface area contributed by atoms with Gasteiger partial charge in [0.2, 0.25) is 0 Å². The Kier molecular flexibility index (Phi) is 4.05. The second-order valence-corrected chi connectivity index (χ2v) is 4.82. The van der Waals surface area contributed by atoms with Gasteiger partial charge in [-0.15, -0.1) is 5.10 Å². The van der Waals surface area contributed by atoms with Crippen molar-refractivity contribution >= 4 is 16.6 Å². The van der Waals surface area contributed by atoms with Gasteiger partial charge >= 0.3 is 0 Å². The zero-order valence-electron chi connectivity index (χ0n) is 12.5. The van der Waals surface area contributed by atoms with E-state index >= 15 is 0 Å². The van der Waals surface area contributed by atoms with Gasteiger partial charge in [0.25, 0.3) is 0 Å². The number of rotatable bonds is 5. The first-order valence-electron chi connectivity index (χ1n) is 6.97. The highest BCUT2D eigenvalue weighted by Gasteiger charge is 2.06. The Morgan fingerprint density at radius 2 is 1.82 bits per heavy atom. The van der Waals surface area contributed by atoms with Crippen molar-refractivity contribution in [1.29, 1.82) is 0 Å². The SMILES string of the molecule is COc1ccc(CNc2nncc3ccccc23)cc1OC. The molecule has 112 valence electrons. The zero-order valence-corrected chi connectivity index (χ0v) is 12.5. The molecule has 2 aromatic carbocycles. The summed E-state index contributed by atoms with van der Waals surface area (Å²) in [4.78, 5) is 0. The van der Waals surface area contributed by atoms with E-state index in [4.69, 9.17) is 9.47 Å². The molecule has 0 amide bonds. The molecule has 3 aromatic rings. The van der Waals surface area contributed by atoms with Crippen molar-refractivity contribution in [3.05, 3.63) is 54.2 Å². The van der Waals surface area contributed by atoms with Gasteiger partial charge in [-0.2, -0.15) is 5.10 Å². The number of benzene rings is 2. The van der Waals surface area contributed by atoms with Crippen LogP contribution in [-0.2, 0) is 6.54 Å². The van der Waals surface area contributed by atoms with Crippen LogP contribution in [0.3, 0.4) is 0 Å². The summed E-state index contributed by atoms with van der Waals surface area (Å²) in [7, 11) is 3.26. The Hall–Kier alpha value is -2.82. The van der Waals surface area contributed by atoms with Gasteiger partial charge in [0.15, 0.2) is 17.3 Å². The standard InChI is InChI=1S/C17H17N3O2/c1-21-15-8-7-12(9-16(15)22-2)10-18-17-14-6-4-3-5-13(14)11-19-20-17/h3-9,11H,10H2,1-2H3,(H,18,20). The number of nitrogens with one attached hydrogen (secondary N) is 1. The maximum Gasteiger partial charge on any atom is 0.161 e. The lowest BCUT2D eigenvalue weighted by Gasteiger charge is -2.11. The Labute approximate surface area is 128 Å². The summed E-state index contributed by atoms with van der Waals surface area (Å²) in [5.74, 6) is 2.20. The Bertz CT molecular complexity index is 784. The minimum absolute atomic E-state index is 0.628. The monoisotopic (exact) mass is 295 g/mol. The van der Waals surface area contributed by atoms with Crippen molar-refractivity contribution in [3.8, 4) is 11.5 Å². The lowest BCUT2D eigenvalue weighted by Crippen LogP contribution is -2.03. The van der Waals surface area contributed by atoms with Crippen LogP contribution >= 0.6 is 0 Å². The van der Waals surface area contributed by atoms with E-state index in [0.717, 1.165) is 27.9 Å². The van der Waals surface area contributed by atoms with E-state index in [0.29, 0.717) is 12.3 Å². The van der Waals surface area contributed by atoms with Crippen LogP contribution in [0.5, 0.6) is 11.5 Å². The molecular weight excluding hydrogens is 278 g/mol. The van der Waals surface area contributed by atoms with Gasteiger partial charge in [0.05, 0.1) is 20.4 Å². The molecule has 5 heteroatoms. The highest BCUT2D eigenvalue weighted by molar-refractivity contribution is 5.90. The molecule has 0 saturated heterocycles. The van der Waals surface area contributed by atoms with E-state index in [-0.39, 0.29) is 0 Å². The molecule has 5 nitrogen and oxygen atoms in total. The fraction of sp³-hybridized carbons (Fsp3) is 0.176. The van der Waals surface area contributed by atoms with Crippen molar-refractivity contribution in [2.75, 3.05) is 19.5 Å². The first-order valence-corrected chi connectivity index (χ1v) is 6.97. The Balaban J connectivity index is 1.82. The average Bonchev–Trinajstić information content (AvgIpc) is 2.59. The minimum atomic E-state index is 0.628. The topological polar surface area (TPSA) is 56.3 Å². The molecule has 3 rings (SSSR count). The average molecular weight is 295 g/mol. The third-order valence-electron chi connectivity index (χ3n) is 3.48. The van der Waals surface area contributed by atoms with Crippen molar-refractivity contribution in [3.63, 3.8) is 0 Å². The number of methoxy groups -OCH3 is 2. The summed E-state index contributed by atoms with van der Waals surface area (Å²) in [6.07, 6.45) is 1.76. The highest BCUT2D eigenvalue weighted by Crippen LogP contribution is 2.28. The van der Waals surface area contributed by atoms with Gasteiger partial charge in [-0.05, 0) is 17.7 Å². The predicted molar refractivity (Wildman–Crippen MR) is 86.4 cm³/mol. The first-order chi connectivity index (χ1) is 10.8. The fourth-order valence-electron chi connectivity index (χ4n) is 2.33. The van der Waals surface area contributed by atoms with E-state index < -0.39 is 0 Å². The van der Waals surface area contributed by atoms with Crippen LogP contribution in [-0.4, -0.2) is 24.4 Å². The van der Waals surface area contributed by atoms with Gasteiger partial charge in [0.1, 0.15) is 0 Å². The van der Waals surface area contributed by atoms with Gasteiger partial charge in [-0.25, -0.2) is 0 Å². The summed E-state index contributed by atoms with van der Waals surface area (Å²) in [5, 5.41) is 13.6. The Morgan fingerprint density at radius 3 is 2.64 bits per heavy atom. The number of nitrogens with zero attached hydrogens (tertiary/aromatic N) is 2. The molecule has 0 aliphatic carbocycles. The van der Waals surface area contributed by atoms with Crippen molar-refractivity contribution in [1.82, 2.24) is 10.2 Å². The number of hydrogen-bond donors (Lipinski definition) is 1. The van der Waals surface area contributed by atoms with Gasteiger partial charge in [-0.1, -0.05) is 30.3 Å². The third-order valence-corrected chi connectivity index (χ3v) is 3.48. The van der Waals surface area contributed by atoms with E-state index in [1.54, 1.807) is 20.4 Å². The van der Waals surface area contributed by atoms with Crippen LogP contribution in [0.1, 0.15) is 5.56 Å². The van der Waals surface area contributed by atoms with E-state index in [1.807, 2.05) is 42.5 Å². The van der Waals surface area contributed by atoms with Crippen LogP contribution in [0.2, 0.25) is 0 Å². The van der Waals surface area contributed by atoms with Crippen LogP contribution < -0.4 is 14.8 Å². The molecule has 22 heavy (non-hydrogen) atoms. The maximum absolute atomic E-state index is 5.32. The summed E-state index contributed by atoms with van der Waals surface area (Å²) < 4.78 is 10.6. The smallest absolute Gasteiger partial charge is 0.161 e. The third kappa shape index (κ3) is 2.79. The van der Waals surface area contributed by atoms with E-state index in [1.165, 1.54) is 0 Å². The summed E-state index contributed by atoms with van der Waals surface area (Å²) in [5.41, 5.74) is 1.08. The second kappa shape index (κ2) is 6.30. The molecule has 0 bridgehead atoms. The largest absolute Gasteiger partial charge is 0.493 e. The van der Waals surface area contributed by atoms with Gasteiger partial charge in [0, 0.05) is 17.3 Å². The molecule has 1 aromatic heterocycles. The van der Waals surface area contributed by atoms with E-state index in [2.05, 4.69) is 15.5 Å². The summed E-state index contributed by atoms with van der Waals surface area (Å²) >= 11 is 0. The number of ether oxygens (including phenoxy) is 2. The second-order valence-electron chi connectivity index (χ2n) is 4.82. The van der Waals surface area contributed by atoms with Crippen LogP contribution in [0, 0.1) is 0 Å². The number of anilines is 1. The van der Waals surface area contributed by atoms with Gasteiger partial charge in [-0.3, -0.25) is 0 Å². The lowest BCUT2D eigenvalue weighted by atomic mass is 10.1. The minimum Gasteiger partial charge on any atom is -0.493 e. The Morgan fingerprint density at radius 1 is 1.00 bits per heavy atom. The molecule has 0 radical (unpaired) electrons. The predicted octanol–water partition coefficient (Wildman–Crippen LogP) is 3.26. The maximum atomic E-state index is 5.32.